The number of piperidine rings is 1. The van der Waals surface area contributed by atoms with Crippen molar-refractivity contribution in [3.8, 4) is 5.69 Å². The molecule has 1 amide bonds. The smallest absolute Gasteiger partial charge is 0.276 e. The van der Waals surface area contributed by atoms with E-state index in [2.05, 4.69) is 15.6 Å². The second kappa shape index (κ2) is 7.49. The average Bonchev–Trinajstić information content (AvgIpc) is 2.99. The first kappa shape index (κ1) is 17.8. The lowest BCUT2D eigenvalue weighted by atomic mass is 9.97. The van der Waals surface area contributed by atoms with Crippen molar-refractivity contribution in [3.05, 3.63) is 40.4 Å². The SMILES string of the molecule is CNCC1CCCN(C(=O)c2nnn(-c3ccc(F)c(Cl)c3)c2C)C1. The van der Waals surface area contributed by atoms with E-state index >= 15 is 0 Å². The average molecular weight is 366 g/mol. The van der Waals surface area contributed by atoms with Gasteiger partial charge in [0.15, 0.2) is 5.69 Å². The number of aromatic nitrogens is 3. The Kier molecular flexibility index (Phi) is 5.34. The van der Waals surface area contributed by atoms with Gasteiger partial charge in [0.2, 0.25) is 0 Å². The van der Waals surface area contributed by atoms with Crippen LogP contribution in [0.25, 0.3) is 5.69 Å². The van der Waals surface area contributed by atoms with Gasteiger partial charge in [-0.15, -0.1) is 5.10 Å². The molecule has 1 N–H and O–H groups in total. The van der Waals surface area contributed by atoms with Crippen LogP contribution in [0.1, 0.15) is 29.0 Å². The van der Waals surface area contributed by atoms with Gasteiger partial charge in [-0.2, -0.15) is 0 Å². The summed E-state index contributed by atoms with van der Waals surface area (Å²) < 4.78 is 14.9. The molecule has 1 atom stereocenters. The zero-order valence-electron chi connectivity index (χ0n) is 14.3. The Morgan fingerprint density at radius 1 is 1.48 bits per heavy atom. The van der Waals surface area contributed by atoms with Crippen LogP contribution >= 0.6 is 11.6 Å². The van der Waals surface area contributed by atoms with Crippen LogP contribution in [-0.2, 0) is 0 Å². The first-order valence-electron chi connectivity index (χ1n) is 8.33. The fraction of sp³-hybridized carbons (Fsp3) is 0.471. The van der Waals surface area contributed by atoms with E-state index in [1.165, 1.54) is 16.8 Å². The number of nitrogens with zero attached hydrogens (tertiary/aromatic N) is 4. The Morgan fingerprint density at radius 2 is 2.28 bits per heavy atom. The number of halogens is 2. The number of carbonyl (C=O) groups excluding carboxylic acids is 1. The molecule has 1 unspecified atom stereocenters. The third-order valence-electron chi connectivity index (χ3n) is 4.54. The van der Waals surface area contributed by atoms with E-state index in [9.17, 15) is 9.18 Å². The van der Waals surface area contributed by atoms with Crippen molar-refractivity contribution < 1.29 is 9.18 Å². The van der Waals surface area contributed by atoms with Crippen LogP contribution in [-0.4, -0.2) is 52.5 Å². The molecule has 2 heterocycles. The number of hydrogen-bond donors (Lipinski definition) is 1. The molecule has 1 fully saturated rings. The highest BCUT2D eigenvalue weighted by Gasteiger charge is 2.27. The van der Waals surface area contributed by atoms with E-state index in [1.54, 1.807) is 13.0 Å². The molecule has 1 aromatic heterocycles. The van der Waals surface area contributed by atoms with E-state index < -0.39 is 5.82 Å². The minimum atomic E-state index is -0.497. The van der Waals surface area contributed by atoms with Crippen LogP contribution in [0, 0.1) is 18.7 Å². The fourth-order valence-corrected chi connectivity index (χ4v) is 3.42. The van der Waals surface area contributed by atoms with Gasteiger partial charge in [-0.1, -0.05) is 16.8 Å². The highest BCUT2D eigenvalue weighted by molar-refractivity contribution is 6.30. The zero-order valence-corrected chi connectivity index (χ0v) is 15.1. The molecule has 1 aliphatic heterocycles. The quantitative estimate of drug-likeness (QED) is 0.904. The van der Waals surface area contributed by atoms with Crippen molar-refractivity contribution in [1.82, 2.24) is 25.2 Å². The van der Waals surface area contributed by atoms with Crippen LogP contribution in [0.5, 0.6) is 0 Å². The summed E-state index contributed by atoms with van der Waals surface area (Å²) in [7, 11) is 1.92. The van der Waals surface area contributed by atoms with E-state index in [4.69, 9.17) is 11.6 Å². The van der Waals surface area contributed by atoms with Crippen LogP contribution in [0.2, 0.25) is 5.02 Å². The fourth-order valence-electron chi connectivity index (χ4n) is 3.24. The number of likely N-dealkylation sites (tertiary alicyclic amines) is 1. The molecule has 0 bridgehead atoms. The molecule has 6 nitrogen and oxygen atoms in total. The third kappa shape index (κ3) is 3.67. The van der Waals surface area contributed by atoms with Crippen molar-refractivity contribution in [3.63, 3.8) is 0 Å². The molecule has 1 saturated heterocycles. The Morgan fingerprint density at radius 3 is 3.00 bits per heavy atom. The van der Waals surface area contributed by atoms with Crippen LogP contribution < -0.4 is 5.32 Å². The minimum Gasteiger partial charge on any atom is -0.337 e. The lowest BCUT2D eigenvalue weighted by Crippen LogP contribution is -2.42. The van der Waals surface area contributed by atoms with Crippen LogP contribution in [0.15, 0.2) is 18.2 Å². The van der Waals surface area contributed by atoms with E-state index in [-0.39, 0.29) is 10.9 Å². The van der Waals surface area contributed by atoms with Crippen molar-refractivity contribution >= 4 is 17.5 Å². The Bertz CT molecular complexity index is 776. The largest absolute Gasteiger partial charge is 0.337 e. The molecular weight excluding hydrogens is 345 g/mol. The molecule has 0 spiro atoms. The molecule has 25 heavy (non-hydrogen) atoms. The summed E-state index contributed by atoms with van der Waals surface area (Å²) >= 11 is 5.84. The lowest BCUT2D eigenvalue weighted by molar-refractivity contribution is 0.0667. The maximum atomic E-state index is 13.3. The van der Waals surface area contributed by atoms with Gasteiger partial charge in [-0.3, -0.25) is 4.79 Å². The monoisotopic (exact) mass is 365 g/mol. The molecule has 2 aromatic rings. The molecular formula is C17H21ClFN5O. The molecule has 0 aliphatic carbocycles. The Balaban J connectivity index is 1.82. The number of amides is 1. The maximum absolute atomic E-state index is 13.3. The first-order valence-corrected chi connectivity index (χ1v) is 8.70. The molecule has 134 valence electrons. The molecule has 3 rings (SSSR count). The third-order valence-corrected chi connectivity index (χ3v) is 4.83. The predicted octanol–water partition coefficient (Wildman–Crippen LogP) is 2.44. The second-order valence-electron chi connectivity index (χ2n) is 6.35. The summed E-state index contributed by atoms with van der Waals surface area (Å²) in [5, 5.41) is 11.3. The van der Waals surface area contributed by atoms with E-state index in [1.807, 2.05) is 11.9 Å². The maximum Gasteiger partial charge on any atom is 0.276 e. The number of rotatable bonds is 4. The highest BCUT2D eigenvalue weighted by atomic mass is 35.5. The van der Waals surface area contributed by atoms with Gasteiger partial charge in [-0.05, 0) is 57.5 Å². The standard InChI is InChI=1S/C17H21ClFN5O/c1-11-16(17(25)23-7-3-4-12(10-23)9-20-2)21-22-24(11)13-5-6-15(19)14(18)8-13/h5-6,8,12,20H,3-4,7,9-10H2,1-2H3. The van der Waals surface area contributed by atoms with E-state index in [0.717, 1.165) is 25.9 Å². The summed E-state index contributed by atoms with van der Waals surface area (Å²) in [5.74, 6) is -0.157. The summed E-state index contributed by atoms with van der Waals surface area (Å²) in [6, 6.07) is 4.30. The highest BCUT2D eigenvalue weighted by Crippen LogP contribution is 2.22. The Labute approximate surface area is 151 Å². The van der Waals surface area contributed by atoms with Crippen LogP contribution in [0.4, 0.5) is 4.39 Å². The van der Waals surface area contributed by atoms with Gasteiger partial charge in [0.1, 0.15) is 5.82 Å². The Hall–Kier alpha value is -1.99. The van der Waals surface area contributed by atoms with Crippen molar-refractivity contribution in [1.29, 1.82) is 0 Å². The van der Waals surface area contributed by atoms with Gasteiger partial charge in [-0.25, -0.2) is 9.07 Å². The van der Waals surface area contributed by atoms with Crippen molar-refractivity contribution in [2.75, 3.05) is 26.7 Å². The number of carbonyl (C=O) groups is 1. The van der Waals surface area contributed by atoms with Gasteiger partial charge in [0, 0.05) is 13.1 Å². The molecule has 0 saturated carbocycles. The number of nitrogens with one attached hydrogen (secondary N) is 1. The summed E-state index contributed by atoms with van der Waals surface area (Å²) in [4.78, 5) is 14.7. The molecule has 1 aliphatic rings. The number of hydrogen-bond acceptors (Lipinski definition) is 4. The summed E-state index contributed by atoms with van der Waals surface area (Å²) in [5.41, 5.74) is 1.51. The zero-order chi connectivity index (χ0) is 18.0. The lowest BCUT2D eigenvalue weighted by Gasteiger charge is -2.32. The molecule has 1 aromatic carbocycles. The normalized spacial score (nSPS) is 17.8. The summed E-state index contributed by atoms with van der Waals surface area (Å²) in [6.45, 7) is 4.12. The van der Waals surface area contributed by atoms with E-state index in [0.29, 0.717) is 29.5 Å². The van der Waals surface area contributed by atoms with Gasteiger partial charge < -0.3 is 10.2 Å². The van der Waals surface area contributed by atoms with Crippen LogP contribution in [0.3, 0.4) is 0 Å². The topological polar surface area (TPSA) is 63.1 Å². The van der Waals surface area contributed by atoms with Crippen molar-refractivity contribution in [2.24, 2.45) is 5.92 Å². The molecule has 0 radical (unpaired) electrons. The first-order chi connectivity index (χ1) is 12.0. The summed E-state index contributed by atoms with van der Waals surface area (Å²) in [6.07, 6.45) is 2.10. The number of benzene rings is 1. The van der Waals surface area contributed by atoms with Gasteiger partial charge in [0.05, 0.1) is 16.4 Å². The molecule has 8 heteroatoms. The van der Waals surface area contributed by atoms with Crippen molar-refractivity contribution in [2.45, 2.75) is 19.8 Å². The second-order valence-corrected chi connectivity index (χ2v) is 6.76. The van der Waals surface area contributed by atoms with Gasteiger partial charge >= 0.3 is 0 Å². The minimum absolute atomic E-state index is 0.00575. The predicted molar refractivity (Wildman–Crippen MR) is 93.6 cm³/mol. The van der Waals surface area contributed by atoms with Gasteiger partial charge in [0.25, 0.3) is 5.91 Å².